The molecular weight excluding hydrogens is 187 g/mol. The van der Waals surface area contributed by atoms with Crippen molar-refractivity contribution in [3.05, 3.63) is 22.9 Å². The van der Waals surface area contributed by atoms with Crippen LogP contribution >= 0.6 is 0 Å². The van der Waals surface area contributed by atoms with Gasteiger partial charge in [0, 0.05) is 6.20 Å². The van der Waals surface area contributed by atoms with E-state index >= 15 is 0 Å². The van der Waals surface area contributed by atoms with Gasteiger partial charge in [-0.05, 0) is 0 Å². The standard InChI is InChI=1S/C5H4N4O.C2H6.CH3F/c10-5-3-1-6-2-7-4(3)8-9-5;2*1-2/h1-2H,(H2,6,7,8,9,10);1-2H3;1H3. The summed E-state index contributed by atoms with van der Waals surface area (Å²) in [5, 5.41) is 5.48. The normalized spacial score (nSPS) is 8.29. The number of fused-ring (bicyclic) bond motifs is 1. The second-order valence-electron chi connectivity index (χ2n) is 1.86. The topological polar surface area (TPSA) is 74.4 Å². The zero-order chi connectivity index (χ0) is 11.0. The van der Waals surface area contributed by atoms with Crippen molar-refractivity contribution >= 4 is 11.0 Å². The van der Waals surface area contributed by atoms with Crippen molar-refractivity contribution in [2.45, 2.75) is 13.8 Å². The lowest BCUT2D eigenvalue weighted by Gasteiger charge is -1.79. The number of alkyl halides is 1. The molecule has 0 aliphatic rings. The van der Waals surface area contributed by atoms with Crippen molar-refractivity contribution in [3.8, 4) is 0 Å². The van der Waals surface area contributed by atoms with Gasteiger partial charge in [0.1, 0.15) is 11.7 Å². The largest absolute Gasteiger partial charge is 0.281 e. The average molecular weight is 200 g/mol. The van der Waals surface area contributed by atoms with E-state index in [4.69, 9.17) is 0 Å². The Labute approximate surface area is 80.4 Å². The molecule has 0 unspecified atom stereocenters. The summed E-state index contributed by atoms with van der Waals surface area (Å²) < 4.78 is 9.50. The van der Waals surface area contributed by atoms with Crippen molar-refractivity contribution in [3.63, 3.8) is 0 Å². The van der Waals surface area contributed by atoms with E-state index < -0.39 is 0 Å². The Morgan fingerprint density at radius 1 is 1.29 bits per heavy atom. The lowest BCUT2D eigenvalue weighted by Crippen LogP contribution is -1.97. The Kier molecular flexibility index (Phi) is 5.93. The van der Waals surface area contributed by atoms with Gasteiger partial charge in [0.05, 0.1) is 7.18 Å². The van der Waals surface area contributed by atoms with Crippen LogP contribution in [0.3, 0.4) is 0 Å². The third-order valence-electron chi connectivity index (χ3n) is 1.25. The predicted molar refractivity (Wildman–Crippen MR) is 52.9 cm³/mol. The summed E-state index contributed by atoms with van der Waals surface area (Å²) in [6.07, 6.45) is 2.85. The third-order valence-corrected chi connectivity index (χ3v) is 1.25. The van der Waals surface area contributed by atoms with Crippen LogP contribution < -0.4 is 5.56 Å². The number of rotatable bonds is 0. The van der Waals surface area contributed by atoms with Crippen molar-refractivity contribution in [1.29, 1.82) is 0 Å². The van der Waals surface area contributed by atoms with E-state index in [1.165, 1.54) is 12.5 Å². The molecule has 2 aromatic rings. The molecule has 0 saturated heterocycles. The number of hydrogen-bond acceptors (Lipinski definition) is 3. The van der Waals surface area contributed by atoms with Gasteiger partial charge in [-0.15, -0.1) is 0 Å². The van der Waals surface area contributed by atoms with Crippen LogP contribution in [0.2, 0.25) is 0 Å². The molecule has 0 saturated carbocycles. The molecule has 2 rings (SSSR count). The summed E-state index contributed by atoms with van der Waals surface area (Å²) in [6.45, 7) is 4.00. The highest BCUT2D eigenvalue weighted by Gasteiger charge is 1.97. The van der Waals surface area contributed by atoms with Crippen LogP contribution in [0.4, 0.5) is 4.39 Å². The minimum absolute atomic E-state index is 0.185. The molecule has 78 valence electrons. The Balaban J connectivity index is 0.000000379. The number of aromatic amines is 2. The SMILES string of the molecule is CC.CF.O=c1[nH][nH]c2ncncc12. The number of H-pyrrole nitrogens is 2. The smallest absolute Gasteiger partial charge is 0.275 e. The van der Waals surface area contributed by atoms with E-state index in [1.54, 1.807) is 0 Å². The minimum atomic E-state index is -0.185. The molecule has 0 fully saturated rings. The van der Waals surface area contributed by atoms with Crippen LogP contribution in [0.1, 0.15) is 13.8 Å². The molecule has 5 nitrogen and oxygen atoms in total. The first-order valence-electron chi connectivity index (χ1n) is 4.12. The van der Waals surface area contributed by atoms with Gasteiger partial charge in [0.15, 0.2) is 5.65 Å². The summed E-state index contributed by atoms with van der Waals surface area (Å²) in [7, 11) is 0.500. The van der Waals surface area contributed by atoms with Gasteiger partial charge in [-0.25, -0.2) is 9.97 Å². The zero-order valence-corrected chi connectivity index (χ0v) is 8.34. The lowest BCUT2D eigenvalue weighted by molar-refractivity contribution is 0.636. The molecule has 0 spiro atoms. The molecule has 6 heteroatoms. The summed E-state index contributed by atoms with van der Waals surface area (Å²) in [5.41, 5.74) is 0.357. The highest BCUT2D eigenvalue weighted by molar-refractivity contribution is 5.71. The number of aromatic nitrogens is 4. The van der Waals surface area contributed by atoms with Gasteiger partial charge < -0.3 is 0 Å². The first-order valence-corrected chi connectivity index (χ1v) is 4.12. The molecule has 2 aromatic heterocycles. The van der Waals surface area contributed by atoms with Gasteiger partial charge in [-0.3, -0.25) is 19.4 Å². The molecule has 0 aromatic carbocycles. The molecule has 0 aliphatic heterocycles. The zero-order valence-electron chi connectivity index (χ0n) is 8.34. The quantitative estimate of drug-likeness (QED) is 0.672. The van der Waals surface area contributed by atoms with E-state index in [2.05, 4.69) is 20.2 Å². The van der Waals surface area contributed by atoms with Crippen molar-refractivity contribution in [2.24, 2.45) is 0 Å². The summed E-state index contributed by atoms with van der Waals surface area (Å²) >= 11 is 0. The highest BCUT2D eigenvalue weighted by Crippen LogP contribution is 1.95. The Morgan fingerprint density at radius 3 is 2.50 bits per heavy atom. The van der Waals surface area contributed by atoms with Gasteiger partial charge in [-0.2, -0.15) is 0 Å². The van der Waals surface area contributed by atoms with Crippen molar-refractivity contribution in [1.82, 2.24) is 20.2 Å². The maximum absolute atomic E-state index is 10.8. The molecule has 2 heterocycles. The van der Waals surface area contributed by atoms with Gasteiger partial charge in [0.25, 0.3) is 5.56 Å². The number of nitrogens with zero attached hydrogens (tertiary/aromatic N) is 2. The molecule has 0 bridgehead atoms. The fourth-order valence-electron chi connectivity index (χ4n) is 0.779. The minimum Gasteiger partial charge on any atom is -0.281 e. The van der Waals surface area contributed by atoms with E-state index in [0.29, 0.717) is 18.2 Å². The Morgan fingerprint density at radius 2 is 1.93 bits per heavy atom. The van der Waals surface area contributed by atoms with E-state index in [1.807, 2.05) is 13.8 Å². The molecule has 14 heavy (non-hydrogen) atoms. The van der Waals surface area contributed by atoms with E-state index in [-0.39, 0.29) is 5.56 Å². The fraction of sp³-hybridized carbons (Fsp3) is 0.375. The first kappa shape index (κ1) is 12.3. The van der Waals surface area contributed by atoms with Crippen LogP contribution in [0, 0.1) is 0 Å². The Bertz CT molecular complexity index is 409. The average Bonchev–Trinajstić information content (AvgIpc) is 2.67. The highest BCUT2D eigenvalue weighted by atomic mass is 19.1. The second-order valence-corrected chi connectivity index (χ2v) is 1.86. The summed E-state index contributed by atoms with van der Waals surface area (Å²) in [6, 6.07) is 0. The van der Waals surface area contributed by atoms with E-state index in [9.17, 15) is 9.18 Å². The van der Waals surface area contributed by atoms with Gasteiger partial charge in [0.2, 0.25) is 0 Å². The summed E-state index contributed by atoms with van der Waals surface area (Å²) in [4.78, 5) is 18.3. The molecule has 0 atom stereocenters. The monoisotopic (exact) mass is 200 g/mol. The summed E-state index contributed by atoms with van der Waals surface area (Å²) in [5.74, 6) is 0. The first-order chi connectivity index (χ1) is 6.88. The van der Waals surface area contributed by atoms with Crippen LogP contribution in [0.5, 0.6) is 0 Å². The molecule has 0 amide bonds. The maximum Gasteiger partial charge on any atom is 0.275 e. The van der Waals surface area contributed by atoms with Crippen LogP contribution in [0.15, 0.2) is 17.3 Å². The maximum atomic E-state index is 10.8. The molecule has 0 radical (unpaired) electrons. The fourth-order valence-corrected chi connectivity index (χ4v) is 0.779. The van der Waals surface area contributed by atoms with Crippen molar-refractivity contribution < 1.29 is 4.39 Å². The van der Waals surface area contributed by atoms with E-state index in [0.717, 1.165) is 0 Å². The lowest BCUT2D eigenvalue weighted by atomic mass is 10.4. The van der Waals surface area contributed by atoms with Crippen LogP contribution in [0.25, 0.3) is 11.0 Å². The van der Waals surface area contributed by atoms with Gasteiger partial charge in [-0.1, -0.05) is 13.8 Å². The van der Waals surface area contributed by atoms with Crippen LogP contribution in [-0.4, -0.2) is 27.3 Å². The predicted octanol–water partition coefficient (Wildman–Crippen LogP) is 1.26. The molecule has 0 aliphatic carbocycles. The number of nitrogens with one attached hydrogen (secondary N) is 2. The number of hydrogen-bond donors (Lipinski definition) is 2. The third kappa shape index (κ3) is 2.65. The molecule has 2 N–H and O–H groups in total. The second kappa shape index (κ2) is 6.76. The van der Waals surface area contributed by atoms with Crippen LogP contribution in [-0.2, 0) is 0 Å². The number of halogens is 1. The Hall–Kier alpha value is -1.72. The van der Waals surface area contributed by atoms with Gasteiger partial charge >= 0.3 is 0 Å². The molecular formula is C8H13FN4O. The van der Waals surface area contributed by atoms with Crippen molar-refractivity contribution in [2.75, 3.05) is 7.18 Å².